The molecule has 0 fully saturated rings. The summed E-state index contributed by atoms with van der Waals surface area (Å²) in [5.41, 5.74) is 5.90. The molecule has 0 heterocycles. The van der Waals surface area contributed by atoms with Crippen molar-refractivity contribution in [3.05, 3.63) is 29.6 Å². The molecule has 0 aliphatic heterocycles. The second kappa shape index (κ2) is 8.00. The average molecular weight is 271 g/mol. The number of aliphatic hydroxyl groups excluding tert-OH is 1. The van der Waals surface area contributed by atoms with E-state index in [1.54, 1.807) is 6.07 Å². The maximum absolute atomic E-state index is 13.6. The van der Waals surface area contributed by atoms with Crippen LogP contribution in [-0.4, -0.2) is 23.3 Å². The fourth-order valence-corrected chi connectivity index (χ4v) is 1.65. The quantitative estimate of drug-likeness (QED) is 0.563. The number of benzene rings is 1. The van der Waals surface area contributed by atoms with Crippen LogP contribution in [-0.2, 0) is 0 Å². The topological polar surface area (TPSA) is 55.5 Å². The molecule has 0 aromatic heterocycles. The zero-order valence-corrected chi connectivity index (χ0v) is 11.0. The van der Waals surface area contributed by atoms with Gasteiger partial charge in [0.25, 0.3) is 0 Å². The Hall–Kier alpha value is -1.20. The van der Waals surface area contributed by atoms with Crippen LogP contribution in [0.15, 0.2) is 18.2 Å². The molecule has 1 rings (SSSR count). The summed E-state index contributed by atoms with van der Waals surface area (Å²) in [6.45, 7) is 0.685. The summed E-state index contributed by atoms with van der Waals surface area (Å²) in [6, 6.07) is 4.47. The van der Waals surface area contributed by atoms with Crippen LogP contribution >= 0.6 is 12.2 Å². The van der Waals surface area contributed by atoms with Crippen molar-refractivity contribution in [3.8, 4) is 5.75 Å². The van der Waals surface area contributed by atoms with Crippen molar-refractivity contribution in [2.24, 2.45) is 5.73 Å². The molecule has 3 nitrogen and oxygen atoms in total. The first kappa shape index (κ1) is 14.9. The maximum atomic E-state index is 13.6. The second-order valence-corrected chi connectivity index (χ2v) is 4.44. The van der Waals surface area contributed by atoms with Gasteiger partial charge < -0.3 is 15.6 Å². The van der Waals surface area contributed by atoms with Gasteiger partial charge >= 0.3 is 0 Å². The monoisotopic (exact) mass is 271 g/mol. The SMILES string of the molecule is NC(=S)c1ccc(OCCCCCCO)c(F)c1. The lowest BCUT2D eigenvalue weighted by molar-refractivity contribution is 0.270. The summed E-state index contributed by atoms with van der Waals surface area (Å²) in [5.74, 6) is -0.229. The lowest BCUT2D eigenvalue weighted by Gasteiger charge is -2.08. The van der Waals surface area contributed by atoms with Crippen molar-refractivity contribution < 1.29 is 14.2 Å². The molecule has 1 aromatic carbocycles. The van der Waals surface area contributed by atoms with Gasteiger partial charge in [0, 0.05) is 12.2 Å². The molecule has 0 saturated heterocycles. The lowest BCUT2D eigenvalue weighted by Crippen LogP contribution is -2.10. The highest BCUT2D eigenvalue weighted by atomic mass is 32.1. The highest BCUT2D eigenvalue weighted by Crippen LogP contribution is 2.18. The zero-order chi connectivity index (χ0) is 13.4. The van der Waals surface area contributed by atoms with Gasteiger partial charge in [0.05, 0.1) is 6.61 Å². The van der Waals surface area contributed by atoms with Crippen molar-refractivity contribution in [1.82, 2.24) is 0 Å². The first-order chi connectivity index (χ1) is 8.65. The van der Waals surface area contributed by atoms with E-state index in [9.17, 15) is 4.39 Å². The van der Waals surface area contributed by atoms with Crippen molar-refractivity contribution in [2.45, 2.75) is 25.7 Å². The van der Waals surface area contributed by atoms with Crippen LogP contribution < -0.4 is 10.5 Å². The lowest BCUT2D eigenvalue weighted by atomic mass is 10.2. The second-order valence-electron chi connectivity index (χ2n) is 4.00. The van der Waals surface area contributed by atoms with Crippen LogP contribution in [0.3, 0.4) is 0 Å². The Morgan fingerprint density at radius 2 is 2.00 bits per heavy atom. The van der Waals surface area contributed by atoms with E-state index in [1.807, 2.05) is 0 Å². The Morgan fingerprint density at radius 3 is 2.61 bits per heavy atom. The van der Waals surface area contributed by atoms with Crippen molar-refractivity contribution in [3.63, 3.8) is 0 Å². The molecule has 0 atom stereocenters. The zero-order valence-electron chi connectivity index (χ0n) is 10.2. The Bertz CT molecular complexity index is 399. The standard InChI is InChI=1S/C13H18FNO2S/c14-11-9-10(13(15)18)5-6-12(11)17-8-4-2-1-3-7-16/h5-6,9,16H,1-4,7-8H2,(H2,15,18). The molecule has 1 aromatic rings. The van der Waals surface area contributed by atoms with Crippen LogP contribution in [0.1, 0.15) is 31.2 Å². The van der Waals surface area contributed by atoms with Gasteiger partial charge in [-0.2, -0.15) is 0 Å². The minimum Gasteiger partial charge on any atom is -0.491 e. The van der Waals surface area contributed by atoms with Gasteiger partial charge in [0.2, 0.25) is 0 Å². The van der Waals surface area contributed by atoms with E-state index in [-0.39, 0.29) is 17.3 Å². The molecule has 0 aliphatic carbocycles. The van der Waals surface area contributed by atoms with E-state index in [0.29, 0.717) is 12.2 Å². The Balaban J connectivity index is 2.36. The van der Waals surface area contributed by atoms with Crippen LogP contribution in [0.2, 0.25) is 0 Å². The van der Waals surface area contributed by atoms with E-state index in [1.165, 1.54) is 12.1 Å². The fraction of sp³-hybridized carbons (Fsp3) is 0.462. The fourth-order valence-electron chi connectivity index (χ4n) is 1.52. The molecule has 18 heavy (non-hydrogen) atoms. The van der Waals surface area contributed by atoms with Gasteiger partial charge in [0.1, 0.15) is 4.99 Å². The largest absolute Gasteiger partial charge is 0.491 e. The first-order valence-electron chi connectivity index (χ1n) is 5.98. The van der Waals surface area contributed by atoms with Crippen molar-refractivity contribution in [1.29, 1.82) is 0 Å². The van der Waals surface area contributed by atoms with Gasteiger partial charge in [-0.3, -0.25) is 0 Å². The van der Waals surface area contributed by atoms with E-state index in [4.69, 9.17) is 27.8 Å². The normalized spacial score (nSPS) is 10.3. The molecule has 0 amide bonds. The third-order valence-electron chi connectivity index (χ3n) is 2.53. The number of thiocarbonyl (C=S) groups is 1. The third kappa shape index (κ3) is 4.98. The van der Waals surface area contributed by atoms with Gasteiger partial charge in [-0.25, -0.2) is 4.39 Å². The van der Waals surface area contributed by atoms with Crippen molar-refractivity contribution >= 4 is 17.2 Å². The van der Waals surface area contributed by atoms with E-state index in [0.717, 1.165) is 25.7 Å². The molecule has 5 heteroatoms. The van der Waals surface area contributed by atoms with Crippen LogP contribution in [0.5, 0.6) is 5.75 Å². The first-order valence-corrected chi connectivity index (χ1v) is 6.39. The number of ether oxygens (including phenoxy) is 1. The van der Waals surface area contributed by atoms with E-state index < -0.39 is 5.82 Å². The molecule has 3 N–H and O–H groups in total. The Kier molecular flexibility index (Phi) is 6.60. The predicted octanol–water partition coefficient (Wildman–Crippen LogP) is 2.39. The molecular weight excluding hydrogens is 253 g/mol. The van der Waals surface area contributed by atoms with Gasteiger partial charge in [0.15, 0.2) is 11.6 Å². The third-order valence-corrected chi connectivity index (χ3v) is 2.76. The Labute approximate surface area is 112 Å². The molecule has 0 aliphatic rings. The maximum Gasteiger partial charge on any atom is 0.165 e. The number of aliphatic hydroxyl groups is 1. The van der Waals surface area contributed by atoms with Crippen molar-refractivity contribution in [2.75, 3.05) is 13.2 Å². The average Bonchev–Trinajstić information content (AvgIpc) is 2.35. The molecule has 0 radical (unpaired) electrons. The van der Waals surface area contributed by atoms with Gasteiger partial charge in [-0.15, -0.1) is 0 Å². The van der Waals surface area contributed by atoms with Crippen LogP contribution in [0.25, 0.3) is 0 Å². The number of unbranched alkanes of at least 4 members (excludes halogenated alkanes) is 3. The molecular formula is C13H18FNO2S. The number of hydrogen-bond donors (Lipinski definition) is 2. The summed E-state index contributed by atoms with van der Waals surface area (Å²) >= 11 is 4.76. The van der Waals surface area contributed by atoms with Gasteiger partial charge in [-0.1, -0.05) is 18.6 Å². The van der Waals surface area contributed by atoms with E-state index >= 15 is 0 Å². The highest BCUT2D eigenvalue weighted by Gasteiger charge is 2.05. The number of nitrogens with two attached hydrogens (primary N) is 1. The minimum absolute atomic E-state index is 0.171. The molecule has 100 valence electrons. The summed E-state index contributed by atoms with van der Waals surface area (Å²) in [4.78, 5) is 0.171. The number of rotatable bonds is 8. The number of halogens is 1. The summed E-state index contributed by atoms with van der Waals surface area (Å²) in [7, 11) is 0. The van der Waals surface area contributed by atoms with Crippen LogP contribution in [0.4, 0.5) is 4.39 Å². The molecule has 0 unspecified atom stereocenters. The summed E-state index contributed by atoms with van der Waals surface area (Å²) < 4.78 is 18.9. The highest BCUT2D eigenvalue weighted by molar-refractivity contribution is 7.80. The number of hydrogen-bond acceptors (Lipinski definition) is 3. The van der Waals surface area contributed by atoms with E-state index in [2.05, 4.69) is 0 Å². The molecule has 0 spiro atoms. The molecule has 0 saturated carbocycles. The summed E-state index contributed by atoms with van der Waals surface area (Å²) in [6.07, 6.45) is 3.57. The molecule has 0 bridgehead atoms. The summed E-state index contributed by atoms with van der Waals surface area (Å²) in [5, 5.41) is 8.61. The van der Waals surface area contributed by atoms with Gasteiger partial charge in [-0.05, 0) is 37.5 Å². The minimum atomic E-state index is -0.448. The smallest absolute Gasteiger partial charge is 0.165 e. The van der Waals surface area contributed by atoms with Crippen LogP contribution in [0, 0.1) is 5.82 Å². The predicted molar refractivity (Wildman–Crippen MR) is 73.3 cm³/mol. The Morgan fingerprint density at radius 1 is 1.28 bits per heavy atom.